The Morgan fingerprint density at radius 3 is 2.56 bits per heavy atom. The Kier molecular flexibility index (Phi) is 3.44. The molecule has 0 spiro atoms. The predicted molar refractivity (Wildman–Crippen MR) is 65.1 cm³/mol. The minimum Gasteiger partial charge on any atom is -0.394 e. The lowest BCUT2D eigenvalue weighted by Gasteiger charge is -2.40. The lowest BCUT2D eigenvalue weighted by molar-refractivity contribution is 0.110. The molecule has 6 heteroatoms. The van der Waals surface area contributed by atoms with Gasteiger partial charge >= 0.3 is 0 Å². The molecule has 1 saturated carbocycles. The molecule has 1 aromatic carbocycles. The van der Waals surface area contributed by atoms with E-state index in [0.29, 0.717) is 18.4 Å². The first kappa shape index (κ1) is 13.5. The summed E-state index contributed by atoms with van der Waals surface area (Å²) in [5.41, 5.74) is -0.366. The van der Waals surface area contributed by atoms with Crippen LogP contribution in [0.5, 0.6) is 0 Å². The van der Waals surface area contributed by atoms with Crippen molar-refractivity contribution < 1.29 is 17.9 Å². The molecule has 18 heavy (non-hydrogen) atoms. The molecule has 1 fully saturated rings. The van der Waals surface area contributed by atoms with Crippen molar-refractivity contribution in [1.82, 2.24) is 4.72 Å². The zero-order chi connectivity index (χ0) is 13.4. The zero-order valence-electron chi connectivity index (χ0n) is 10.1. The molecule has 0 radical (unpaired) electrons. The average molecular weight is 273 g/mol. The molecule has 1 aromatic rings. The van der Waals surface area contributed by atoms with Gasteiger partial charge in [-0.2, -0.15) is 0 Å². The highest BCUT2D eigenvalue weighted by Crippen LogP contribution is 2.32. The highest BCUT2D eigenvalue weighted by Gasteiger charge is 2.40. The summed E-state index contributed by atoms with van der Waals surface area (Å²) < 4.78 is 40.0. The summed E-state index contributed by atoms with van der Waals surface area (Å²) in [6.07, 6.45) is 2.10. The number of rotatable bonds is 4. The third-order valence-corrected chi connectivity index (χ3v) is 4.99. The molecule has 2 N–H and O–H groups in total. The van der Waals surface area contributed by atoms with Crippen molar-refractivity contribution in [3.63, 3.8) is 0 Å². The Hall–Kier alpha value is -0.980. The van der Waals surface area contributed by atoms with Crippen LogP contribution < -0.4 is 4.72 Å². The smallest absolute Gasteiger partial charge is 0.241 e. The van der Waals surface area contributed by atoms with Crippen LogP contribution >= 0.6 is 0 Å². The number of hydrogen-bond donors (Lipinski definition) is 2. The fraction of sp³-hybridized carbons (Fsp3) is 0.500. The van der Waals surface area contributed by atoms with E-state index in [1.165, 1.54) is 12.1 Å². The largest absolute Gasteiger partial charge is 0.394 e. The number of halogens is 1. The third kappa shape index (κ3) is 2.41. The second-order valence-corrected chi connectivity index (χ2v) is 6.49. The van der Waals surface area contributed by atoms with Crippen molar-refractivity contribution in [1.29, 1.82) is 0 Å². The molecule has 1 aliphatic rings. The molecule has 2 rings (SSSR count). The van der Waals surface area contributed by atoms with Gasteiger partial charge in [0.1, 0.15) is 5.82 Å². The van der Waals surface area contributed by atoms with Gasteiger partial charge in [-0.15, -0.1) is 0 Å². The highest BCUT2D eigenvalue weighted by atomic mass is 32.2. The normalized spacial score (nSPS) is 18.4. The number of aliphatic hydroxyl groups is 1. The summed E-state index contributed by atoms with van der Waals surface area (Å²) in [4.78, 5) is -0.106. The summed E-state index contributed by atoms with van der Waals surface area (Å²) in [5.74, 6) is -0.551. The molecule has 0 amide bonds. The molecule has 0 aliphatic heterocycles. The molecule has 0 heterocycles. The fourth-order valence-electron chi connectivity index (χ4n) is 1.98. The monoisotopic (exact) mass is 273 g/mol. The lowest BCUT2D eigenvalue weighted by Crippen LogP contribution is -2.55. The molecule has 0 unspecified atom stereocenters. The molecule has 4 nitrogen and oxygen atoms in total. The second kappa shape index (κ2) is 4.60. The van der Waals surface area contributed by atoms with Gasteiger partial charge in [0.25, 0.3) is 0 Å². The predicted octanol–water partition coefficient (Wildman–Crippen LogP) is 1.33. The van der Waals surface area contributed by atoms with Gasteiger partial charge in [-0.25, -0.2) is 17.5 Å². The van der Waals surface area contributed by atoms with E-state index in [0.717, 1.165) is 12.5 Å². The fourth-order valence-corrected chi connectivity index (χ4v) is 3.44. The SMILES string of the molecule is Cc1ccc(S(=O)(=O)NC2(CO)CCC2)cc1F. The molecule has 0 bridgehead atoms. The van der Waals surface area contributed by atoms with Crippen LogP contribution in [0.25, 0.3) is 0 Å². The van der Waals surface area contributed by atoms with Gasteiger partial charge in [0, 0.05) is 0 Å². The van der Waals surface area contributed by atoms with Gasteiger partial charge in [0.15, 0.2) is 0 Å². The summed E-state index contributed by atoms with van der Waals surface area (Å²) >= 11 is 0. The van der Waals surface area contributed by atoms with E-state index in [2.05, 4.69) is 4.72 Å². The number of hydrogen-bond acceptors (Lipinski definition) is 3. The molecule has 0 saturated heterocycles. The van der Waals surface area contributed by atoms with E-state index in [4.69, 9.17) is 0 Å². The van der Waals surface area contributed by atoms with Crippen LogP contribution in [0.15, 0.2) is 23.1 Å². The van der Waals surface area contributed by atoms with Crippen molar-refractivity contribution >= 4 is 10.0 Å². The van der Waals surface area contributed by atoms with Crippen LogP contribution in [0.1, 0.15) is 24.8 Å². The first-order valence-corrected chi connectivity index (χ1v) is 7.28. The zero-order valence-corrected chi connectivity index (χ0v) is 10.9. The Labute approximate surface area is 106 Å². The van der Waals surface area contributed by atoms with Crippen molar-refractivity contribution in [2.45, 2.75) is 36.6 Å². The van der Waals surface area contributed by atoms with Gasteiger partial charge in [-0.1, -0.05) is 6.07 Å². The van der Waals surface area contributed by atoms with E-state index in [1.807, 2.05) is 0 Å². The van der Waals surface area contributed by atoms with Gasteiger partial charge in [-0.05, 0) is 43.9 Å². The highest BCUT2D eigenvalue weighted by molar-refractivity contribution is 7.89. The number of aliphatic hydroxyl groups excluding tert-OH is 1. The van der Waals surface area contributed by atoms with E-state index in [9.17, 15) is 17.9 Å². The van der Waals surface area contributed by atoms with Gasteiger partial charge in [0.2, 0.25) is 10.0 Å². The molecule has 0 atom stereocenters. The number of nitrogens with one attached hydrogen (secondary N) is 1. The Morgan fingerprint density at radius 2 is 2.11 bits per heavy atom. The maximum absolute atomic E-state index is 13.4. The topological polar surface area (TPSA) is 66.4 Å². The lowest BCUT2D eigenvalue weighted by atomic mass is 9.78. The quantitative estimate of drug-likeness (QED) is 0.869. The first-order valence-electron chi connectivity index (χ1n) is 5.80. The second-order valence-electron chi connectivity index (χ2n) is 4.81. The van der Waals surface area contributed by atoms with E-state index in [-0.39, 0.29) is 11.5 Å². The summed E-state index contributed by atoms with van der Waals surface area (Å²) in [6, 6.07) is 3.79. The minimum absolute atomic E-state index is 0.106. The van der Waals surface area contributed by atoms with E-state index < -0.39 is 21.4 Å². The molecule has 1 aliphatic carbocycles. The van der Waals surface area contributed by atoms with Crippen LogP contribution in [-0.2, 0) is 10.0 Å². The van der Waals surface area contributed by atoms with E-state index >= 15 is 0 Å². The van der Waals surface area contributed by atoms with Crippen molar-refractivity contribution in [2.75, 3.05) is 6.61 Å². The molecule has 0 aromatic heterocycles. The maximum atomic E-state index is 13.4. The Morgan fingerprint density at radius 1 is 1.44 bits per heavy atom. The number of aryl methyl sites for hydroxylation is 1. The standard InChI is InChI=1S/C12H16FNO3S/c1-9-3-4-10(7-11(9)13)18(16,17)14-12(8-15)5-2-6-12/h3-4,7,14-15H,2,5-6,8H2,1H3. The van der Waals surface area contributed by atoms with Crippen LogP contribution in [0.2, 0.25) is 0 Å². The van der Waals surface area contributed by atoms with Crippen LogP contribution in [0.3, 0.4) is 0 Å². The van der Waals surface area contributed by atoms with Crippen molar-refractivity contribution in [3.8, 4) is 0 Å². The third-order valence-electron chi connectivity index (χ3n) is 3.42. The number of sulfonamides is 1. The average Bonchev–Trinajstić information content (AvgIpc) is 2.27. The van der Waals surface area contributed by atoms with Gasteiger partial charge in [-0.3, -0.25) is 0 Å². The molecular weight excluding hydrogens is 257 g/mol. The molecular formula is C12H16FNO3S. The Bertz CT molecular complexity index is 547. The number of benzene rings is 1. The van der Waals surface area contributed by atoms with Crippen LogP contribution in [-0.4, -0.2) is 25.7 Å². The van der Waals surface area contributed by atoms with Crippen molar-refractivity contribution in [2.24, 2.45) is 0 Å². The van der Waals surface area contributed by atoms with Gasteiger partial charge < -0.3 is 5.11 Å². The summed E-state index contributed by atoms with van der Waals surface area (Å²) in [7, 11) is -3.78. The van der Waals surface area contributed by atoms with Crippen molar-refractivity contribution in [3.05, 3.63) is 29.6 Å². The summed E-state index contributed by atoms with van der Waals surface area (Å²) in [6.45, 7) is 1.33. The van der Waals surface area contributed by atoms with Gasteiger partial charge in [0.05, 0.1) is 17.0 Å². The van der Waals surface area contributed by atoms with Crippen LogP contribution in [0.4, 0.5) is 4.39 Å². The first-order chi connectivity index (χ1) is 8.38. The van der Waals surface area contributed by atoms with E-state index in [1.54, 1.807) is 6.92 Å². The Balaban J connectivity index is 2.28. The minimum atomic E-state index is -3.78. The molecule has 100 valence electrons. The van der Waals surface area contributed by atoms with Crippen LogP contribution in [0, 0.1) is 12.7 Å². The summed E-state index contributed by atoms with van der Waals surface area (Å²) in [5, 5.41) is 9.24. The maximum Gasteiger partial charge on any atom is 0.241 e.